The van der Waals surface area contributed by atoms with Crippen LogP contribution in [-0.2, 0) is 16.0 Å². The van der Waals surface area contributed by atoms with Crippen molar-refractivity contribution in [3.05, 3.63) is 27.4 Å². The van der Waals surface area contributed by atoms with Crippen LogP contribution in [0.4, 0.5) is 0 Å². The summed E-state index contributed by atoms with van der Waals surface area (Å²) in [6.07, 6.45) is 1.06. The molecule has 0 radical (unpaired) electrons. The third-order valence-electron chi connectivity index (χ3n) is 2.71. The van der Waals surface area contributed by atoms with Gasteiger partial charge in [-0.3, -0.25) is 9.59 Å². The van der Waals surface area contributed by atoms with Crippen LogP contribution >= 0.6 is 0 Å². The maximum absolute atomic E-state index is 11.8. The van der Waals surface area contributed by atoms with Crippen molar-refractivity contribution in [1.29, 1.82) is 0 Å². The van der Waals surface area contributed by atoms with Crippen LogP contribution in [0.3, 0.4) is 0 Å². The van der Waals surface area contributed by atoms with Crippen LogP contribution in [-0.4, -0.2) is 28.2 Å². The standard InChI is InChI=1S/C12H18N2O4/c1-4-5-9(18-3)11-13-7(2)8(6-10(15)16)12(17)14-11/h9H,4-6H2,1-3H3,(H,15,16)(H,13,14,17). The summed E-state index contributed by atoms with van der Waals surface area (Å²) in [4.78, 5) is 29.3. The van der Waals surface area contributed by atoms with Crippen LogP contribution in [0, 0.1) is 6.92 Å². The summed E-state index contributed by atoms with van der Waals surface area (Å²) in [7, 11) is 1.56. The normalized spacial score (nSPS) is 12.4. The Morgan fingerprint density at radius 1 is 1.56 bits per heavy atom. The number of nitrogens with one attached hydrogen (secondary N) is 1. The molecule has 0 aliphatic heterocycles. The molecule has 1 aromatic heterocycles. The van der Waals surface area contributed by atoms with Gasteiger partial charge >= 0.3 is 5.97 Å². The molecule has 0 fully saturated rings. The fourth-order valence-corrected chi connectivity index (χ4v) is 1.77. The molecule has 0 amide bonds. The van der Waals surface area contributed by atoms with E-state index in [1.165, 1.54) is 0 Å². The molecule has 1 rings (SSSR count). The van der Waals surface area contributed by atoms with Crippen LogP contribution in [0.15, 0.2) is 4.79 Å². The van der Waals surface area contributed by atoms with E-state index in [-0.39, 0.29) is 18.1 Å². The summed E-state index contributed by atoms with van der Waals surface area (Å²) in [5, 5.41) is 8.72. The third kappa shape index (κ3) is 3.40. The molecule has 0 saturated heterocycles. The summed E-state index contributed by atoms with van der Waals surface area (Å²) in [6, 6.07) is 0. The Morgan fingerprint density at radius 3 is 2.67 bits per heavy atom. The van der Waals surface area contributed by atoms with Crippen LogP contribution in [0.1, 0.15) is 43.0 Å². The van der Waals surface area contributed by atoms with Crippen molar-refractivity contribution in [2.75, 3.05) is 7.11 Å². The van der Waals surface area contributed by atoms with E-state index in [1.54, 1.807) is 14.0 Å². The minimum atomic E-state index is -1.05. The lowest BCUT2D eigenvalue weighted by Crippen LogP contribution is -2.23. The highest BCUT2D eigenvalue weighted by molar-refractivity contribution is 5.70. The van der Waals surface area contributed by atoms with Crippen LogP contribution in [0.5, 0.6) is 0 Å². The van der Waals surface area contributed by atoms with E-state index in [9.17, 15) is 9.59 Å². The zero-order valence-corrected chi connectivity index (χ0v) is 10.8. The van der Waals surface area contributed by atoms with E-state index in [0.717, 1.165) is 12.8 Å². The zero-order valence-electron chi connectivity index (χ0n) is 10.8. The summed E-state index contributed by atoms with van der Waals surface area (Å²) >= 11 is 0. The number of aromatic nitrogens is 2. The minimum absolute atomic E-state index is 0.192. The minimum Gasteiger partial charge on any atom is -0.481 e. The van der Waals surface area contributed by atoms with Gasteiger partial charge in [-0.05, 0) is 13.3 Å². The Kier molecular flexibility index (Phi) is 5.03. The molecule has 100 valence electrons. The molecule has 6 nitrogen and oxygen atoms in total. The molecule has 0 bridgehead atoms. The van der Waals surface area contributed by atoms with Crippen molar-refractivity contribution in [3.63, 3.8) is 0 Å². The van der Waals surface area contributed by atoms with Gasteiger partial charge in [-0.2, -0.15) is 0 Å². The number of aromatic amines is 1. The molecule has 0 aliphatic carbocycles. The fraction of sp³-hybridized carbons (Fsp3) is 0.583. The van der Waals surface area contributed by atoms with E-state index in [0.29, 0.717) is 11.5 Å². The Bertz CT molecular complexity index is 481. The number of nitrogens with zero attached hydrogens (tertiary/aromatic N) is 1. The molecule has 0 spiro atoms. The highest BCUT2D eigenvalue weighted by Gasteiger charge is 2.16. The molecule has 1 aromatic rings. The van der Waals surface area contributed by atoms with E-state index >= 15 is 0 Å². The monoisotopic (exact) mass is 254 g/mol. The topological polar surface area (TPSA) is 92.3 Å². The van der Waals surface area contributed by atoms with E-state index in [4.69, 9.17) is 9.84 Å². The maximum atomic E-state index is 11.8. The number of ether oxygens (including phenoxy) is 1. The second-order valence-corrected chi connectivity index (χ2v) is 4.10. The van der Waals surface area contributed by atoms with Gasteiger partial charge in [-0.25, -0.2) is 4.98 Å². The van der Waals surface area contributed by atoms with E-state index < -0.39 is 11.5 Å². The first kappa shape index (κ1) is 14.4. The van der Waals surface area contributed by atoms with Gasteiger partial charge in [0, 0.05) is 18.4 Å². The Labute approximate surface area is 105 Å². The number of H-pyrrole nitrogens is 1. The van der Waals surface area contributed by atoms with Gasteiger partial charge < -0.3 is 14.8 Å². The zero-order chi connectivity index (χ0) is 13.7. The molecule has 18 heavy (non-hydrogen) atoms. The molecule has 1 unspecified atom stereocenters. The lowest BCUT2D eigenvalue weighted by molar-refractivity contribution is -0.136. The first-order valence-electron chi connectivity index (χ1n) is 5.83. The lowest BCUT2D eigenvalue weighted by Gasteiger charge is -2.14. The maximum Gasteiger partial charge on any atom is 0.308 e. The van der Waals surface area contributed by atoms with E-state index in [1.807, 2.05) is 6.92 Å². The Balaban J connectivity index is 3.12. The van der Waals surface area contributed by atoms with Gasteiger partial charge in [-0.1, -0.05) is 13.3 Å². The molecular formula is C12H18N2O4. The number of aliphatic carboxylic acids is 1. The molecule has 0 aromatic carbocycles. The van der Waals surface area contributed by atoms with Crippen LogP contribution in [0.25, 0.3) is 0 Å². The molecule has 6 heteroatoms. The first-order chi connectivity index (χ1) is 8.49. The Morgan fingerprint density at radius 2 is 2.22 bits per heavy atom. The van der Waals surface area contributed by atoms with Crippen molar-refractivity contribution < 1.29 is 14.6 Å². The quantitative estimate of drug-likeness (QED) is 0.795. The largest absolute Gasteiger partial charge is 0.481 e. The first-order valence-corrected chi connectivity index (χ1v) is 5.83. The number of carbonyl (C=O) groups is 1. The number of hydrogen-bond acceptors (Lipinski definition) is 4. The predicted molar refractivity (Wildman–Crippen MR) is 65.6 cm³/mol. The van der Waals surface area contributed by atoms with Gasteiger partial charge in [0.25, 0.3) is 5.56 Å². The van der Waals surface area contributed by atoms with Gasteiger partial charge in [0.15, 0.2) is 0 Å². The van der Waals surface area contributed by atoms with Crippen molar-refractivity contribution in [2.24, 2.45) is 0 Å². The molecule has 1 heterocycles. The van der Waals surface area contributed by atoms with Crippen molar-refractivity contribution in [2.45, 2.75) is 39.2 Å². The number of methoxy groups -OCH3 is 1. The van der Waals surface area contributed by atoms with Crippen molar-refractivity contribution >= 4 is 5.97 Å². The van der Waals surface area contributed by atoms with Gasteiger partial charge in [0.05, 0.1) is 6.42 Å². The molecule has 1 atom stereocenters. The summed E-state index contributed by atoms with van der Waals surface area (Å²) in [5.41, 5.74) is 0.227. The second kappa shape index (κ2) is 6.30. The molecular weight excluding hydrogens is 236 g/mol. The highest BCUT2D eigenvalue weighted by atomic mass is 16.5. The number of hydrogen-bond donors (Lipinski definition) is 2. The third-order valence-corrected chi connectivity index (χ3v) is 2.71. The summed E-state index contributed by atoms with van der Waals surface area (Å²) < 4.78 is 5.26. The van der Waals surface area contributed by atoms with Gasteiger partial charge in [0.2, 0.25) is 0 Å². The average Bonchev–Trinajstić information content (AvgIpc) is 2.30. The van der Waals surface area contributed by atoms with Gasteiger partial charge in [-0.15, -0.1) is 0 Å². The number of rotatable bonds is 6. The van der Waals surface area contributed by atoms with Crippen LogP contribution < -0.4 is 5.56 Å². The molecule has 0 saturated carbocycles. The highest BCUT2D eigenvalue weighted by Crippen LogP contribution is 2.18. The summed E-state index contributed by atoms with van der Waals surface area (Å²) in [5.74, 6) is -0.592. The Hall–Kier alpha value is -1.69. The predicted octanol–water partition coefficient (Wildman–Crippen LogP) is 1.19. The lowest BCUT2D eigenvalue weighted by atomic mass is 10.1. The number of carboxylic acids is 1. The van der Waals surface area contributed by atoms with Crippen molar-refractivity contribution in [1.82, 2.24) is 9.97 Å². The SMILES string of the molecule is CCCC(OC)c1nc(C)c(CC(=O)O)c(=O)[nH]1. The van der Waals surface area contributed by atoms with Crippen LogP contribution in [0.2, 0.25) is 0 Å². The molecule has 0 aliphatic rings. The second-order valence-electron chi connectivity index (χ2n) is 4.10. The molecule has 2 N–H and O–H groups in total. The smallest absolute Gasteiger partial charge is 0.308 e. The number of aryl methyl sites for hydroxylation is 1. The summed E-state index contributed by atoms with van der Waals surface area (Å²) in [6.45, 7) is 3.64. The average molecular weight is 254 g/mol. The van der Waals surface area contributed by atoms with Gasteiger partial charge in [0.1, 0.15) is 11.9 Å². The van der Waals surface area contributed by atoms with E-state index in [2.05, 4.69) is 9.97 Å². The fourth-order valence-electron chi connectivity index (χ4n) is 1.77. The van der Waals surface area contributed by atoms with Crippen molar-refractivity contribution in [3.8, 4) is 0 Å². The number of carboxylic acid groups (broad SMARTS) is 1.